The van der Waals surface area contributed by atoms with E-state index in [0.29, 0.717) is 28.7 Å². The highest BCUT2D eigenvalue weighted by Gasteiger charge is 2.26. The number of hydrogen-bond donors (Lipinski definition) is 3. The SMILES string of the molecule is Nc1ncc(C(=O)N2CCCC(CNC(=O)c3ccc4nc[nH]c4c3)C2)s1. The van der Waals surface area contributed by atoms with Crippen LogP contribution in [0, 0.1) is 5.92 Å². The highest BCUT2D eigenvalue weighted by Crippen LogP contribution is 2.22. The topological polar surface area (TPSA) is 117 Å². The summed E-state index contributed by atoms with van der Waals surface area (Å²) in [5.41, 5.74) is 7.88. The maximum Gasteiger partial charge on any atom is 0.265 e. The van der Waals surface area contributed by atoms with Crippen LogP contribution in [0.15, 0.2) is 30.7 Å². The van der Waals surface area contributed by atoms with Gasteiger partial charge in [-0.3, -0.25) is 9.59 Å². The Bertz CT molecular complexity index is 981. The molecule has 2 aromatic heterocycles. The van der Waals surface area contributed by atoms with Crippen molar-refractivity contribution < 1.29 is 9.59 Å². The second-order valence-corrected chi connectivity index (χ2v) is 7.73. The van der Waals surface area contributed by atoms with Gasteiger partial charge in [-0.2, -0.15) is 0 Å². The molecule has 4 N–H and O–H groups in total. The fourth-order valence-corrected chi connectivity index (χ4v) is 4.03. The number of nitrogen functional groups attached to an aromatic ring is 1. The van der Waals surface area contributed by atoms with Crippen LogP contribution in [0.2, 0.25) is 0 Å². The molecular weight excluding hydrogens is 364 g/mol. The highest BCUT2D eigenvalue weighted by atomic mass is 32.1. The van der Waals surface area contributed by atoms with E-state index < -0.39 is 0 Å². The van der Waals surface area contributed by atoms with E-state index in [9.17, 15) is 9.59 Å². The van der Waals surface area contributed by atoms with Gasteiger partial charge in [-0.25, -0.2) is 9.97 Å². The number of aromatic amines is 1. The summed E-state index contributed by atoms with van der Waals surface area (Å²) in [6.07, 6.45) is 5.03. The summed E-state index contributed by atoms with van der Waals surface area (Å²) in [5.74, 6) is 0.0721. The number of rotatable bonds is 4. The molecular formula is C18H20N6O2S. The molecule has 8 nitrogen and oxygen atoms in total. The van der Waals surface area contributed by atoms with Gasteiger partial charge in [0.05, 0.1) is 23.6 Å². The molecule has 2 amide bonds. The molecule has 1 aromatic carbocycles. The zero-order chi connectivity index (χ0) is 18.8. The Morgan fingerprint density at radius 2 is 2.26 bits per heavy atom. The largest absolute Gasteiger partial charge is 0.375 e. The minimum absolute atomic E-state index is 0.0371. The van der Waals surface area contributed by atoms with E-state index in [2.05, 4.69) is 20.3 Å². The monoisotopic (exact) mass is 384 g/mol. The molecule has 0 radical (unpaired) electrons. The van der Waals surface area contributed by atoms with Crippen LogP contribution < -0.4 is 11.1 Å². The summed E-state index contributed by atoms with van der Waals surface area (Å²) < 4.78 is 0. The fraction of sp³-hybridized carbons (Fsp3) is 0.333. The quantitative estimate of drug-likeness (QED) is 0.635. The van der Waals surface area contributed by atoms with Crippen LogP contribution in [-0.2, 0) is 0 Å². The molecule has 140 valence electrons. The molecule has 9 heteroatoms. The Morgan fingerprint density at radius 3 is 3.07 bits per heavy atom. The molecule has 0 aliphatic carbocycles. The van der Waals surface area contributed by atoms with Gasteiger partial charge in [0.2, 0.25) is 0 Å². The second kappa shape index (κ2) is 7.36. The zero-order valence-corrected chi connectivity index (χ0v) is 15.5. The van der Waals surface area contributed by atoms with Crippen molar-refractivity contribution in [1.29, 1.82) is 0 Å². The predicted octanol–water partition coefficient (Wildman–Crippen LogP) is 1.88. The lowest BCUT2D eigenvalue weighted by molar-refractivity contribution is 0.0675. The molecule has 0 spiro atoms. The number of imidazole rings is 1. The van der Waals surface area contributed by atoms with Crippen molar-refractivity contribution in [3.05, 3.63) is 41.2 Å². The van der Waals surface area contributed by atoms with Crippen molar-refractivity contribution in [2.75, 3.05) is 25.4 Å². The number of likely N-dealkylation sites (tertiary alicyclic amines) is 1. The maximum absolute atomic E-state index is 12.6. The van der Waals surface area contributed by atoms with Gasteiger partial charge in [-0.05, 0) is 37.0 Å². The van der Waals surface area contributed by atoms with E-state index in [1.807, 2.05) is 11.0 Å². The summed E-state index contributed by atoms with van der Waals surface area (Å²) in [6.45, 7) is 1.88. The predicted molar refractivity (Wildman–Crippen MR) is 104 cm³/mol. The Hall–Kier alpha value is -2.94. The third kappa shape index (κ3) is 3.77. The number of H-pyrrole nitrogens is 1. The number of anilines is 1. The van der Waals surface area contributed by atoms with Crippen molar-refractivity contribution in [2.24, 2.45) is 5.92 Å². The number of aromatic nitrogens is 3. The van der Waals surface area contributed by atoms with E-state index in [1.54, 1.807) is 18.5 Å². The van der Waals surface area contributed by atoms with Crippen LogP contribution in [-0.4, -0.2) is 51.3 Å². The number of hydrogen-bond acceptors (Lipinski definition) is 6. The number of piperidine rings is 1. The first-order valence-corrected chi connectivity index (χ1v) is 9.64. The molecule has 1 atom stereocenters. The first-order valence-electron chi connectivity index (χ1n) is 8.82. The number of nitrogens with one attached hydrogen (secondary N) is 2. The molecule has 3 heterocycles. The van der Waals surface area contributed by atoms with Gasteiger partial charge in [0.25, 0.3) is 11.8 Å². The number of carbonyl (C=O) groups is 2. The van der Waals surface area contributed by atoms with E-state index >= 15 is 0 Å². The minimum atomic E-state index is -0.120. The first kappa shape index (κ1) is 17.5. The molecule has 1 aliphatic rings. The number of nitrogens with zero attached hydrogens (tertiary/aromatic N) is 3. The van der Waals surface area contributed by atoms with Crippen LogP contribution in [0.5, 0.6) is 0 Å². The second-order valence-electron chi connectivity index (χ2n) is 6.67. The van der Waals surface area contributed by atoms with Crippen molar-refractivity contribution in [1.82, 2.24) is 25.2 Å². The van der Waals surface area contributed by atoms with Crippen LogP contribution in [0.1, 0.15) is 32.9 Å². The van der Waals surface area contributed by atoms with Crippen molar-refractivity contribution in [3.63, 3.8) is 0 Å². The first-order chi connectivity index (χ1) is 13.1. The molecule has 1 unspecified atom stereocenters. The molecule has 1 fully saturated rings. The van der Waals surface area contributed by atoms with Crippen molar-refractivity contribution >= 4 is 39.3 Å². The smallest absolute Gasteiger partial charge is 0.265 e. The average molecular weight is 384 g/mol. The Labute approximate surface area is 159 Å². The van der Waals surface area contributed by atoms with Crippen molar-refractivity contribution in [3.8, 4) is 0 Å². The number of fused-ring (bicyclic) bond motifs is 1. The number of amides is 2. The average Bonchev–Trinajstić information content (AvgIpc) is 3.33. The van der Waals surface area contributed by atoms with Crippen LogP contribution in [0.25, 0.3) is 11.0 Å². The van der Waals surface area contributed by atoms with Gasteiger partial charge >= 0.3 is 0 Å². The van der Waals surface area contributed by atoms with Gasteiger partial charge in [0.15, 0.2) is 5.13 Å². The summed E-state index contributed by atoms with van der Waals surface area (Å²) in [6, 6.07) is 5.38. The van der Waals surface area contributed by atoms with Crippen LogP contribution >= 0.6 is 11.3 Å². The molecule has 1 aliphatic heterocycles. The molecule has 3 aromatic rings. The number of carbonyl (C=O) groups excluding carboxylic acids is 2. The molecule has 1 saturated heterocycles. The molecule has 0 bridgehead atoms. The fourth-order valence-electron chi connectivity index (χ4n) is 3.37. The Morgan fingerprint density at radius 1 is 1.37 bits per heavy atom. The number of thiazole rings is 1. The van der Waals surface area contributed by atoms with Crippen molar-refractivity contribution in [2.45, 2.75) is 12.8 Å². The van der Waals surface area contributed by atoms with E-state index in [4.69, 9.17) is 5.73 Å². The van der Waals surface area contributed by atoms with Gasteiger partial charge in [-0.15, -0.1) is 0 Å². The summed E-state index contributed by atoms with van der Waals surface area (Å²) in [7, 11) is 0. The number of nitrogens with two attached hydrogens (primary N) is 1. The Balaban J connectivity index is 1.35. The summed E-state index contributed by atoms with van der Waals surface area (Å²) in [5, 5.41) is 3.38. The summed E-state index contributed by atoms with van der Waals surface area (Å²) in [4.78, 5) is 38.5. The van der Waals surface area contributed by atoms with E-state index in [1.165, 1.54) is 17.5 Å². The maximum atomic E-state index is 12.6. The van der Waals surface area contributed by atoms with Gasteiger partial charge in [-0.1, -0.05) is 11.3 Å². The lowest BCUT2D eigenvalue weighted by Gasteiger charge is -2.32. The minimum Gasteiger partial charge on any atom is -0.375 e. The standard InChI is InChI=1S/C18H20N6O2S/c19-18-21-8-15(27-18)17(26)24-5-1-2-11(9-24)7-20-16(25)12-3-4-13-14(6-12)23-10-22-13/h3-4,6,8,10-11H,1-2,5,7,9H2,(H2,19,21)(H,20,25)(H,22,23). The third-order valence-electron chi connectivity index (χ3n) is 4.77. The van der Waals surface area contributed by atoms with Gasteiger partial charge in [0, 0.05) is 25.2 Å². The lowest BCUT2D eigenvalue weighted by Crippen LogP contribution is -2.43. The zero-order valence-electron chi connectivity index (χ0n) is 14.6. The number of benzene rings is 1. The van der Waals surface area contributed by atoms with E-state index in [0.717, 1.165) is 30.4 Å². The highest BCUT2D eigenvalue weighted by molar-refractivity contribution is 7.17. The summed E-state index contributed by atoms with van der Waals surface area (Å²) >= 11 is 1.21. The Kier molecular flexibility index (Phi) is 4.76. The van der Waals surface area contributed by atoms with E-state index in [-0.39, 0.29) is 17.7 Å². The molecule has 4 rings (SSSR count). The van der Waals surface area contributed by atoms with Crippen LogP contribution in [0.4, 0.5) is 5.13 Å². The third-order valence-corrected chi connectivity index (χ3v) is 5.59. The van der Waals surface area contributed by atoms with Crippen LogP contribution in [0.3, 0.4) is 0 Å². The molecule has 0 saturated carbocycles. The molecule has 27 heavy (non-hydrogen) atoms. The normalized spacial score (nSPS) is 17.2. The lowest BCUT2D eigenvalue weighted by atomic mass is 9.97. The van der Waals surface area contributed by atoms with Gasteiger partial charge in [0.1, 0.15) is 4.88 Å². The van der Waals surface area contributed by atoms with Gasteiger partial charge < -0.3 is 20.9 Å².